The van der Waals surface area contributed by atoms with Crippen LogP contribution in [0.5, 0.6) is 0 Å². The molecular formula is C22H31N3O2S. The number of allylic oxidation sites excluding steroid dienone is 2. The number of carbonyl (C=O) groups excluding carboxylic acids is 1. The van der Waals surface area contributed by atoms with E-state index in [1.165, 1.54) is 11.8 Å². The van der Waals surface area contributed by atoms with E-state index in [1.54, 1.807) is 33.0 Å². The Balaban J connectivity index is 3.11. The molecule has 0 aliphatic carbocycles. The summed E-state index contributed by atoms with van der Waals surface area (Å²) in [5.41, 5.74) is 3.64. The van der Waals surface area contributed by atoms with Gasteiger partial charge in [-0.25, -0.2) is 4.79 Å². The maximum absolute atomic E-state index is 11.6. The molecule has 0 heterocycles. The summed E-state index contributed by atoms with van der Waals surface area (Å²) in [6.45, 7) is 19.5. The zero-order valence-corrected chi connectivity index (χ0v) is 18.5. The number of nitrogens with one attached hydrogen (secondary N) is 2. The van der Waals surface area contributed by atoms with E-state index < -0.39 is 5.60 Å². The van der Waals surface area contributed by atoms with Gasteiger partial charge < -0.3 is 15.7 Å². The normalized spacial score (nSPS) is 12.5. The van der Waals surface area contributed by atoms with Gasteiger partial charge in [-0.3, -0.25) is 4.99 Å². The number of nitrogens with zero attached hydrogens (tertiary/aromatic N) is 1. The molecule has 6 heteroatoms. The minimum absolute atomic E-state index is 0.260. The molecule has 1 rings (SSSR count). The number of hydrogen-bond acceptors (Lipinski definition) is 4. The smallest absolute Gasteiger partial charge is 0.319 e. The van der Waals surface area contributed by atoms with Crippen LogP contribution in [0, 0.1) is 13.8 Å². The number of benzene rings is 1. The molecule has 0 unspecified atom stereocenters. The molecule has 0 radical (unpaired) electrons. The highest BCUT2D eigenvalue weighted by atomic mass is 32.2. The number of aliphatic imine (C=N–C) groups is 1. The molecule has 28 heavy (non-hydrogen) atoms. The summed E-state index contributed by atoms with van der Waals surface area (Å²) < 4.78 is 0. The van der Waals surface area contributed by atoms with Gasteiger partial charge in [-0.2, -0.15) is 0 Å². The van der Waals surface area contributed by atoms with Crippen molar-refractivity contribution in [3.05, 3.63) is 59.3 Å². The Morgan fingerprint density at radius 2 is 1.89 bits per heavy atom. The van der Waals surface area contributed by atoms with Gasteiger partial charge in [0.25, 0.3) is 0 Å². The van der Waals surface area contributed by atoms with Gasteiger partial charge in [-0.1, -0.05) is 43.1 Å². The first-order valence-corrected chi connectivity index (χ1v) is 9.94. The molecule has 0 spiro atoms. The van der Waals surface area contributed by atoms with Crippen LogP contribution in [0.2, 0.25) is 0 Å². The average molecular weight is 402 g/mol. The number of aryl methyl sites for hydroxylation is 2. The lowest BCUT2D eigenvalue weighted by molar-refractivity contribution is 0.153. The van der Waals surface area contributed by atoms with Gasteiger partial charge in [0.15, 0.2) is 0 Å². The minimum Gasteiger partial charge on any atom is -0.385 e. The summed E-state index contributed by atoms with van der Waals surface area (Å²) in [6, 6.07) is 3.85. The zero-order valence-electron chi connectivity index (χ0n) is 17.6. The van der Waals surface area contributed by atoms with E-state index in [0.717, 1.165) is 27.2 Å². The summed E-state index contributed by atoms with van der Waals surface area (Å²) >= 11 is 1.43. The highest BCUT2D eigenvalue weighted by Crippen LogP contribution is 2.33. The van der Waals surface area contributed by atoms with Crippen LogP contribution in [0.1, 0.15) is 44.4 Å². The number of hydrogen-bond donors (Lipinski definition) is 3. The van der Waals surface area contributed by atoms with Crippen molar-refractivity contribution in [1.82, 2.24) is 10.6 Å². The number of aliphatic hydroxyl groups is 1. The van der Waals surface area contributed by atoms with Gasteiger partial charge in [0.05, 0.1) is 10.6 Å². The number of rotatable bonds is 8. The Morgan fingerprint density at radius 1 is 1.32 bits per heavy atom. The molecule has 0 fully saturated rings. The maximum Gasteiger partial charge on any atom is 0.319 e. The number of urea groups is 1. The first kappa shape index (κ1) is 23.7. The third-order valence-corrected chi connectivity index (χ3v) is 5.31. The molecule has 0 aliphatic heterocycles. The largest absolute Gasteiger partial charge is 0.385 e. The predicted octanol–water partition coefficient (Wildman–Crippen LogP) is 4.94. The van der Waals surface area contributed by atoms with Crippen LogP contribution < -0.4 is 10.6 Å². The zero-order chi connectivity index (χ0) is 21.5. The number of thioether (sulfide) groups is 1. The standard InChI is InChI=1S/C22H31N3O2S/c1-9-18(13-24-16(5)22(7,8)27)19-11-14(3)20(15(4)12-19)28-17(6)25-21(26)23-10-2/h9,11-13,27H,1,6,10H2,2-5,7-8H3,(H2,23,25,26)/b18-13+,24-16?. The number of amides is 2. The van der Waals surface area contributed by atoms with E-state index in [-0.39, 0.29) is 6.03 Å². The lowest BCUT2D eigenvalue weighted by atomic mass is 10.0. The van der Waals surface area contributed by atoms with Crippen LogP contribution in [0.3, 0.4) is 0 Å². The monoisotopic (exact) mass is 401 g/mol. The Bertz CT molecular complexity index is 795. The quantitative estimate of drug-likeness (QED) is 0.328. The van der Waals surface area contributed by atoms with Gasteiger partial charge in [-0.15, -0.1) is 0 Å². The van der Waals surface area contributed by atoms with Gasteiger partial charge in [0, 0.05) is 23.4 Å². The van der Waals surface area contributed by atoms with Crippen LogP contribution in [0.4, 0.5) is 4.79 Å². The van der Waals surface area contributed by atoms with Gasteiger partial charge in [0.2, 0.25) is 0 Å². The van der Waals surface area contributed by atoms with Gasteiger partial charge in [0.1, 0.15) is 0 Å². The summed E-state index contributed by atoms with van der Waals surface area (Å²) in [5, 5.41) is 16.0. The molecule has 0 atom stereocenters. The third-order valence-electron chi connectivity index (χ3n) is 4.11. The molecule has 3 N–H and O–H groups in total. The molecule has 5 nitrogen and oxygen atoms in total. The summed E-state index contributed by atoms with van der Waals surface area (Å²) in [5.74, 6) is 0. The van der Waals surface area contributed by atoms with Crippen molar-refractivity contribution < 1.29 is 9.90 Å². The molecule has 0 saturated carbocycles. The number of carbonyl (C=O) groups is 1. The summed E-state index contributed by atoms with van der Waals surface area (Å²) in [7, 11) is 0. The van der Waals surface area contributed by atoms with Crippen molar-refractivity contribution >= 4 is 29.1 Å². The Kier molecular flexibility index (Phi) is 8.72. The van der Waals surface area contributed by atoms with Crippen LogP contribution in [-0.2, 0) is 0 Å². The highest BCUT2D eigenvalue weighted by molar-refractivity contribution is 8.03. The van der Waals surface area contributed by atoms with Crippen molar-refractivity contribution in [1.29, 1.82) is 0 Å². The Hall–Kier alpha value is -2.31. The van der Waals surface area contributed by atoms with Crippen molar-refractivity contribution in [3.63, 3.8) is 0 Å². The fourth-order valence-electron chi connectivity index (χ4n) is 2.33. The lowest BCUT2D eigenvalue weighted by Crippen LogP contribution is -2.33. The molecule has 2 amide bonds. The van der Waals surface area contributed by atoms with Crippen LogP contribution in [-0.4, -0.2) is 29.0 Å². The maximum atomic E-state index is 11.6. The molecular weight excluding hydrogens is 370 g/mol. The van der Waals surface area contributed by atoms with Crippen LogP contribution in [0.15, 0.2) is 52.5 Å². The second-order valence-electron chi connectivity index (χ2n) is 7.01. The summed E-state index contributed by atoms with van der Waals surface area (Å²) in [4.78, 5) is 17.1. The fourth-order valence-corrected chi connectivity index (χ4v) is 3.16. The molecule has 1 aromatic carbocycles. The second-order valence-corrected chi connectivity index (χ2v) is 8.12. The third kappa shape index (κ3) is 7.02. The summed E-state index contributed by atoms with van der Waals surface area (Å²) in [6.07, 6.45) is 3.47. The van der Waals surface area contributed by atoms with Crippen molar-refractivity contribution in [2.75, 3.05) is 6.54 Å². The van der Waals surface area contributed by atoms with Crippen molar-refractivity contribution in [2.24, 2.45) is 4.99 Å². The Labute approximate surface area is 172 Å². The first-order valence-electron chi connectivity index (χ1n) is 9.12. The van der Waals surface area contributed by atoms with E-state index in [4.69, 9.17) is 0 Å². The molecule has 0 aliphatic rings. The van der Waals surface area contributed by atoms with E-state index in [1.807, 2.05) is 20.8 Å². The second kappa shape index (κ2) is 10.3. The lowest BCUT2D eigenvalue weighted by Gasteiger charge is -2.16. The fraction of sp³-hybridized carbons (Fsp3) is 0.364. The first-order chi connectivity index (χ1) is 13.0. The molecule has 0 aromatic heterocycles. The highest BCUT2D eigenvalue weighted by Gasteiger charge is 2.16. The van der Waals surface area contributed by atoms with Crippen LogP contribution in [0.25, 0.3) is 5.57 Å². The minimum atomic E-state index is -0.966. The topological polar surface area (TPSA) is 73.7 Å². The predicted molar refractivity (Wildman–Crippen MR) is 121 cm³/mol. The van der Waals surface area contributed by atoms with Gasteiger partial charge >= 0.3 is 6.03 Å². The molecule has 152 valence electrons. The SMILES string of the molecule is C=C/C(=C\N=C(C)C(C)(C)O)c1cc(C)c(SC(=C)NC(=O)NCC)c(C)c1. The van der Waals surface area contributed by atoms with E-state index in [0.29, 0.717) is 17.3 Å². The van der Waals surface area contributed by atoms with Crippen molar-refractivity contribution in [3.8, 4) is 0 Å². The molecule has 0 bridgehead atoms. The van der Waals surface area contributed by atoms with E-state index in [9.17, 15) is 9.90 Å². The van der Waals surface area contributed by atoms with Crippen molar-refractivity contribution in [2.45, 2.75) is 52.0 Å². The Morgan fingerprint density at radius 3 is 2.36 bits per heavy atom. The average Bonchev–Trinajstić information content (AvgIpc) is 2.57. The van der Waals surface area contributed by atoms with E-state index >= 15 is 0 Å². The molecule has 0 saturated heterocycles. The van der Waals surface area contributed by atoms with Gasteiger partial charge in [-0.05, 0) is 63.8 Å². The molecule has 1 aromatic rings. The van der Waals surface area contributed by atoms with E-state index in [2.05, 4.69) is 40.9 Å². The van der Waals surface area contributed by atoms with Crippen LogP contribution >= 0.6 is 11.8 Å².